The zero-order valence-corrected chi connectivity index (χ0v) is 11.2. The number of hydrogen-bond donors (Lipinski definition) is 0. The molecule has 3 rings (SSSR count). The number of aromatic nitrogens is 1. The van der Waals surface area contributed by atoms with Crippen molar-refractivity contribution in [3.63, 3.8) is 0 Å². The summed E-state index contributed by atoms with van der Waals surface area (Å²) >= 11 is 0. The van der Waals surface area contributed by atoms with Gasteiger partial charge in [0.1, 0.15) is 5.69 Å². The fraction of sp³-hybridized carbons (Fsp3) is 0.133. The number of pyridine rings is 1. The second kappa shape index (κ2) is 5.64. The summed E-state index contributed by atoms with van der Waals surface area (Å²) in [7, 11) is 0. The number of hydrogen-bond acceptors (Lipinski definition) is 3. The van der Waals surface area contributed by atoms with Crippen molar-refractivity contribution in [1.29, 1.82) is 0 Å². The summed E-state index contributed by atoms with van der Waals surface area (Å²) in [6, 6.07) is 11.5. The molecule has 2 heterocycles. The summed E-state index contributed by atoms with van der Waals surface area (Å²) in [5.74, 6) is 7.63. The molecule has 0 N–H and O–H groups in total. The fourth-order valence-electron chi connectivity index (χ4n) is 1.72. The van der Waals surface area contributed by atoms with Crippen LogP contribution in [-0.2, 0) is 0 Å². The highest BCUT2D eigenvalue weighted by atomic mass is 35.5. The number of ether oxygens (including phenoxy) is 2. The first-order valence-corrected chi connectivity index (χ1v) is 5.66. The van der Waals surface area contributed by atoms with Gasteiger partial charge in [0.25, 0.3) is 0 Å². The highest BCUT2D eigenvalue weighted by Crippen LogP contribution is 2.32. The molecule has 0 aliphatic carbocycles. The maximum atomic E-state index is 5.30. The summed E-state index contributed by atoms with van der Waals surface area (Å²) in [5, 5.41) is 0. The number of fused-ring (bicyclic) bond motifs is 1. The molecule has 0 spiro atoms. The molecule has 0 fully saturated rings. The van der Waals surface area contributed by atoms with Crippen LogP contribution in [0.3, 0.4) is 0 Å². The van der Waals surface area contributed by atoms with E-state index in [-0.39, 0.29) is 19.2 Å². The standard InChI is InChI=1S/C15H11NO2.ClH/c1-11-3-2-4-13(16-11)7-5-12-6-8-14-15(9-12)18-10-17-14;/h2-4,6,8-9H,10H2,1H3;1H. The van der Waals surface area contributed by atoms with Crippen molar-refractivity contribution >= 4 is 12.4 Å². The zero-order chi connectivity index (χ0) is 12.4. The second-order valence-electron chi connectivity index (χ2n) is 3.98. The van der Waals surface area contributed by atoms with Crippen LogP contribution in [0.5, 0.6) is 11.5 Å². The second-order valence-corrected chi connectivity index (χ2v) is 3.98. The van der Waals surface area contributed by atoms with Gasteiger partial charge in [-0.05, 0) is 43.2 Å². The first kappa shape index (κ1) is 13.3. The van der Waals surface area contributed by atoms with Crippen LogP contribution in [0, 0.1) is 18.8 Å². The third kappa shape index (κ3) is 2.98. The number of rotatable bonds is 0. The van der Waals surface area contributed by atoms with Gasteiger partial charge in [0.2, 0.25) is 6.79 Å². The number of nitrogens with zero attached hydrogens (tertiary/aromatic N) is 1. The van der Waals surface area contributed by atoms with E-state index in [4.69, 9.17) is 9.47 Å². The van der Waals surface area contributed by atoms with Crippen molar-refractivity contribution in [3.05, 3.63) is 53.3 Å². The Kier molecular flexibility index (Phi) is 3.94. The third-order valence-corrected chi connectivity index (χ3v) is 2.60. The predicted molar refractivity (Wildman–Crippen MR) is 74.8 cm³/mol. The van der Waals surface area contributed by atoms with Crippen molar-refractivity contribution in [3.8, 4) is 23.3 Å². The van der Waals surface area contributed by atoms with Gasteiger partial charge in [0.15, 0.2) is 11.5 Å². The van der Waals surface area contributed by atoms with Crippen LogP contribution >= 0.6 is 12.4 Å². The quantitative estimate of drug-likeness (QED) is 0.692. The Labute approximate surface area is 118 Å². The van der Waals surface area contributed by atoms with E-state index >= 15 is 0 Å². The Hall–Kier alpha value is -2.18. The number of aryl methyl sites for hydroxylation is 1. The lowest BCUT2D eigenvalue weighted by molar-refractivity contribution is 0.174. The van der Waals surface area contributed by atoms with Crippen LogP contribution in [0.4, 0.5) is 0 Å². The lowest BCUT2D eigenvalue weighted by atomic mass is 10.2. The highest BCUT2D eigenvalue weighted by Gasteiger charge is 2.12. The van der Waals surface area contributed by atoms with Crippen molar-refractivity contribution in [1.82, 2.24) is 4.98 Å². The Morgan fingerprint density at radius 3 is 2.74 bits per heavy atom. The first-order valence-electron chi connectivity index (χ1n) is 5.66. The van der Waals surface area contributed by atoms with Gasteiger partial charge < -0.3 is 9.47 Å². The number of halogens is 1. The molecule has 0 bridgehead atoms. The van der Waals surface area contributed by atoms with Gasteiger partial charge in [-0.2, -0.15) is 0 Å². The van der Waals surface area contributed by atoms with Gasteiger partial charge in [0, 0.05) is 11.3 Å². The molecule has 19 heavy (non-hydrogen) atoms. The highest BCUT2D eigenvalue weighted by molar-refractivity contribution is 5.85. The minimum atomic E-state index is 0. The van der Waals surface area contributed by atoms with Gasteiger partial charge in [0.05, 0.1) is 0 Å². The van der Waals surface area contributed by atoms with Crippen molar-refractivity contribution < 1.29 is 9.47 Å². The molecule has 0 atom stereocenters. The molecule has 0 unspecified atom stereocenters. The maximum Gasteiger partial charge on any atom is 0.231 e. The van der Waals surface area contributed by atoms with E-state index < -0.39 is 0 Å². The molecule has 0 saturated carbocycles. The summed E-state index contributed by atoms with van der Waals surface area (Å²) in [4.78, 5) is 4.33. The average Bonchev–Trinajstić information content (AvgIpc) is 2.84. The monoisotopic (exact) mass is 273 g/mol. The smallest absolute Gasteiger partial charge is 0.231 e. The van der Waals surface area contributed by atoms with Gasteiger partial charge in [-0.3, -0.25) is 0 Å². The summed E-state index contributed by atoms with van der Waals surface area (Å²) < 4.78 is 10.6. The van der Waals surface area contributed by atoms with E-state index in [1.165, 1.54) is 0 Å². The summed E-state index contributed by atoms with van der Waals surface area (Å²) in [5.41, 5.74) is 2.63. The maximum absolute atomic E-state index is 5.30. The van der Waals surface area contributed by atoms with Crippen molar-refractivity contribution in [2.45, 2.75) is 6.92 Å². The molecule has 0 radical (unpaired) electrons. The van der Waals surface area contributed by atoms with Crippen LogP contribution in [0.1, 0.15) is 17.0 Å². The third-order valence-electron chi connectivity index (χ3n) is 2.60. The molecular formula is C15H12ClNO2. The largest absolute Gasteiger partial charge is 0.454 e. The fourth-order valence-corrected chi connectivity index (χ4v) is 1.72. The molecule has 4 heteroatoms. The molecule has 1 aliphatic rings. The normalized spacial score (nSPS) is 11.2. The summed E-state index contributed by atoms with van der Waals surface area (Å²) in [6.07, 6.45) is 0. The molecule has 2 aromatic rings. The Morgan fingerprint density at radius 1 is 1.05 bits per heavy atom. The van der Waals surface area contributed by atoms with Crippen molar-refractivity contribution in [2.75, 3.05) is 6.79 Å². The molecule has 3 nitrogen and oxygen atoms in total. The molecular weight excluding hydrogens is 262 g/mol. The van der Waals surface area contributed by atoms with Crippen LogP contribution in [0.2, 0.25) is 0 Å². The minimum absolute atomic E-state index is 0. The molecule has 1 aromatic heterocycles. The van der Waals surface area contributed by atoms with Gasteiger partial charge in [-0.1, -0.05) is 12.0 Å². The van der Waals surface area contributed by atoms with Gasteiger partial charge >= 0.3 is 0 Å². The average molecular weight is 274 g/mol. The van der Waals surface area contributed by atoms with E-state index in [1.807, 2.05) is 43.3 Å². The lowest BCUT2D eigenvalue weighted by Gasteiger charge is -1.95. The molecule has 1 aromatic carbocycles. The Bertz CT molecular complexity index is 659. The molecule has 1 aliphatic heterocycles. The topological polar surface area (TPSA) is 31.4 Å². The molecule has 96 valence electrons. The Balaban J connectivity index is 0.00000133. The zero-order valence-electron chi connectivity index (χ0n) is 10.3. The van der Waals surface area contributed by atoms with Crippen LogP contribution in [0.25, 0.3) is 0 Å². The first-order chi connectivity index (χ1) is 8.81. The van der Waals surface area contributed by atoms with Crippen molar-refractivity contribution in [2.24, 2.45) is 0 Å². The van der Waals surface area contributed by atoms with Gasteiger partial charge in [-0.25, -0.2) is 4.98 Å². The van der Waals surface area contributed by atoms with E-state index in [0.717, 1.165) is 28.5 Å². The van der Waals surface area contributed by atoms with E-state index in [0.29, 0.717) is 0 Å². The van der Waals surface area contributed by atoms with E-state index in [9.17, 15) is 0 Å². The lowest BCUT2D eigenvalue weighted by Crippen LogP contribution is -1.92. The minimum Gasteiger partial charge on any atom is -0.454 e. The van der Waals surface area contributed by atoms with E-state index in [1.54, 1.807) is 0 Å². The van der Waals surface area contributed by atoms with Crippen LogP contribution in [-0.4, -0.2) is 11.8 Å². The summed E-state index contributed by atoms with van der Waals surface area (Å²) in [6.45, 7) is 2.23. The van der Waals surface area contributed by atoms with E-state index in [2.05, 4.69) is 16.8 Å². The van der Waals surface area contributed by atoms with Gasteiger partial charge in [-0.15, -0.1) is 12.4 Å². The van der Waals surface area contributed by atoms with Crippen LogP contribution in [0.15, 0.2) is 36.4 Å². The SMILES string of the molecule is Cc1cccc(C#Cc2ccc3c(c2)OCO3)n1.Cl. The molecule has 0 saturated heterocycles. The molecule has 0 amide bonds. The Morgan fingerprint density at radius 2 is 1.89 bits per heavy atom. The van der Waals surface area contributed by atoms with Crippen LogP contribution < -0.4 is 9.47 Å². The predicted octanol–water partition coefficient (Wildman–Crippen LogP) is 2.94. The number of benzene rings is 1.